The summed E-state index contributed by atoms with van der Waals surface area (Å²) in [5.41, 5.74) is -0.0281. The molecule has 0 aliphatic heterocycles. The molecule has 16 heavy (non-hydrogen) atoms. The van der Waals surface area contributed by atoms with Gasteiger partial charge in [0.1, 0.15) is 0 Å². The molecule has 0 radical (unpaired) electrons. The Morgan fingerprint density at radius 1 is 1.19 bits per heavy atom. The van der Waals surface area contributed by atoms with Crippen molar-refractivity contribution in [3.05, 3.63) is 48.0 Å². The van der Waals surface area contributed by atoms with Gasteiger partial charge < -0.3 is 0 Å². The van der Waals surface area contributed by atoms with Crippen LogP contribution in [0.5, 0.6) is 0 Å². The summed E-state index contributed by atoms with van der Waals surface area (Å²) in [5.74, 6) is -0.186. The summed E-state index contributed by atoms with van der Waals surface area (Å²) < 4.78 is 0. The molecule has 0 saturated heterocycles. The first kappa shape index (κ1) is 12.0. The Labute approximate surface area is 96.4 Å². The second-order valence-corrected chi connectivity index (χ2v) is 3.84. The van der Waals surface area contributed by atoms with E-state index >= 15 is 0 Å². The smallest absolute Gasteiger partial charge is 0.151 e. The van der Waals surface area contributed by atoms with Crippen LogP contribution in [-0.2, 0) is 0 Å². The Kier molecular flexibility index (Phi) is 3.86. The summed E-state index contributed by atoms with van der Waals surface area (Å²) in [6, 6.07) is 13.8. The highest BCUT2D eigenvalue weighted by atomic mass is 14.4. The lowest BCUT2D eigenvalue weighted by Gasteiger charge is -2.22. The molecule has 0 amide bonds. The minimum atomic E-state index is -1.02. The predicted octanol–water partition coefficient (Wildman–Crippen LogP) is 3.40. The second-order valence-electron chi connectivity index (χ2n) is 3.84. The molecule has 0 N–H and O–H groups in total. The zero-order valence-corrected chi connectivity index (χ0v) is 9.51. The lowest BCUT2D eigenvalue weighted by molar-refractivity contribution is 0.518. The van der Waals surface area contributed by atoms with E-state index in [2.05, 4.69) is 12.1 Å². The van der Waals surface area contributed by atoms with Crippen LogP contribution in [-0.4, -0.2) is 0 Å². The molecule has 0 bridgehead atoms. The minimum absolute atomic E-state index is 0.186. The van der Waals surface area contributed by atoms with E-state index in [0.29, 0.717) is 0 Å². The van der Waals surface area contributed by atoms with Crippen molar-refractivity contribution in [3.63, 3.8) is 0 Å². The van der Waals surface area contributed by atoms with E-state index in [9.17, 15) is 0 Å². The summed E-state index contributed by atoms with van der Waals surface area (Å²) in [7, 11) is 0. The van der Waals surface area contributed by atoms with Crippen LogP contribution in [0.4, 0.5) is 0 Å². The third-order valence-corrected chi connectivity index (χ3v) is 2.63. The fourth-order valence-corrected chi connectivity index (χ4v) is 1.65. The van der Waals surface area contributed by atoms with Crippen molar-refractivity contribution in [2.75, 3.05) is 0 Å². The van der Waals surface area contributed by atoms with Gasteiger partial charge in [-0.05, 0) is 19.4 Å². The van der Waals surface area contributed by atoms with Gasteiger partial charge in [-0.25, -0.2) is 0 Å². The zero-order chi connectivity index (χ0) is 12.0. The monoisotopic (exact) mass is 210 g/mol. The molecule has 0 fully saturated rings. The standard InChI is InChI=1S/C14H14N2/c1-3-7-13(14(2,10-15)11-16)12-8-5-4-6-9-12/h3-9,13H,1-2H3/b7-3+. The fraction of sp³-hybridized carbons (Fsp3) is 0.286. The average Bonchev–Trinajstić information content (AvgIpc) is 2.36. The van der Waals surface area contributed by atoms with Crippen molar-refractivity contribution in [2.45, 2.75) is 19.8 Å². The van der Waals surface area contributed by atoms with E-state index < -0.39 is 5.41 Å². The molecule has 0 spiro atoms. The topological polar surface area (TPSA) is 47.6 Å². The van der Waals surface area contributed by atoms with E-state index in [1.165, 1.54) is 0 Å². The number of benzene rings is 1. The molecule has 1 aromatic carbocycles. The third-order valence-electron chi connectivity index (χ3n) is 2.63. The maximum Gasteiger partial charge on any atom is 0.151 e. The molecular formula is C14H14N2. The van der Waals surface area contributed by atoms with Crippen LogP contribution in [0.2, 0.25) is 0 Å². The molecule has 2 heteroatoms. The van der Waals surface area contributed by atoms with Crippen molar-refractivity contribution >= 4 is 0 Å². The van der Waals surface area contributed by atoms with E-state index in [4.69, 9.17) is 10.5 Å². The molecular weight excluding hydrogens is 196 g/mol. The van der Waals surface area contributed by atoms with Crippen molar-refractivity contribution in [2.24, 2.45) is 5.41 Å². The Hall–Kier alpha value is -2.06. The van der Waals surface area contributed by atoms with Crippen LogP contribution < -0.4 is 0 Å². The van der Waals surface area contributed by atoms with Gasteiger partial charge in [0, 0.05) is 5.92 Å². The molecule has 1 atom stereocenters. The number of allylic oxidation sites excluding steroid dienone is 2. The van der Waals surface area contributed by atoms with Gasteiger partial charge in [0.25, 0.3) is 0 Å². The van der Waals surface area contributed by atoms with Gasteiger partial charge in [0.2, 0.25) is 0 Å². The average molecular weight is 210 g/mol. The summed E-state index contributed by atoms with van der Waals surface area (Å²) in [4.78, 5) is 0. The highest BCUT2D eigenvalue weighted by Gasteiger charge is 2.33. The minimum Gasteiger partial charge on any atom is -0.197 e. The molecule has 1 aromatic rings. The first-order chi connectivity index (χ1) is 7.68. The highest BCUT2D eigenvalue weighted by molar-refractivity contribution is 5.33. The van der Waals surface area contributed by atoms with Crippen molar-refractivity contribution in [1.82, 2.24) is 0 Å². The Bertz CT molecular complexity index is 432. The molecule has 0 heterocycles. The molecule has 80 valence electrons. The zero-order valence-electron chi connectivity index (χ0n) is 9.51. The number of hydrogen-bond donors (Lipinski definition) is 0. The van der Waals surface area contributed by atoms with Crippen LogP contribution in [0.25, 0.3) is 0 Å². The Balaban J connectivity index is 3.22. The largest absolute Gasteiger partial charge is 0.197 e. The maximum atomic E-state index is 9.14. The SMILES string of the molecule is C/C=C/C(c1ccccc1)C(C)(C#N)C#N. The van der Waals surface area contributed by atoms with E-state index in [-0.39, 0.29) is 5.92 Å². The Morgan fingerprint density at radius 2 is 1.75 bits per heavy atom. The fourth-order valence-electron chi connectivity index (χ4n) is 1.65. The van der Waals surface area contributed by atoms with E-state index in [1.807, 2.05) is 49.4 Å². The van der Waals surface area contributed by atoms with E-state index in [1.54, 1.807) is 6.92 Å². The van der Waals surface area contributed by atoms with E-state index in [0.717, 1.165) is 5.56 Å². The van der Waals surface area contributed by atoms with Gasteiger partial charge in [-0.3, -0.25) is 0 Å². The van der Waals surface area contributed by atoms with Gasteiger partial charge in [0.05, 0.1) is 12.1 Å². The molecule has 0 aliphatic rings. The lowest BCUT2D eigenvalue weighted by Crippen LogP contribution is -2.20. The summed E-state index contributed by atoms with van der Waals surface area (Å²) in [6.07, 6.45) is 3.78. The van der Waals surface area contributed by atoms with Gasteiger partial charge in [0.15, 0.2) is 5.41 Å². The molecule has 1 rings (SSSR count). The molecule has 2 nitrogen and oxygen atoms in total. The number of rotatable bonds is 3. The molecule has 0 saturated carbocycles. The molecule has 1 unspecified atom stereocenters. The number of nitriles is 2. The van der Waals surface area contributed by atoms with Crippen molar-refractivity contribution in [3.8, 4) is 12.1 Å². The summed E-state index contributed by atoms with van der Waals surface area (Å²) in [5, 5.41) is 18.3. The van der Waals surface area contributed by atoms with Crippen LogP contribution in [0.15, 0.2) is 42.5 Å². The van der Waals surface area contributed by atoms with Crippen LogP contribution in [0, 0.1) is 28.1 Å². The number of nitrogens with zero attached hydrogens (tertiary/aromatic N) is 2. The quantitative estimate of drug-likeness (QED) is 0.718. The predicted molar refractivity (Wildman–Crippen MR) is 63.3 cm³/mol. The van der Waals surface area contributed by atoms with Gasteiger partial charge in [-0.15, -0.1) is 0 Å². The van der Waals surface area contributed by atoms with Crippen LogP contribution in [0.1, 0.15) is 25.3 Å². The van der Waals surface area contributed by atoms with Gasteiger partial charge >= 0.3 is 0 Å². The lowest BCUT2D eigenvalue weighted by atomic mass is 9.75. The Morgan fingerprint density at radius 3 is 2.19 bits per heavy atom. The van der Waals surface area contributed by atoms with Crippen molar-refractivity contribution < 1.29 is 0 Å². The maximum absolute atomic E-state index is 9.14. The second kappa shape index (κ2) is 5.14. The summed E-state index contributed by atoms with van der Waals surface area (Å²) >= 11 is 0. The first-order valence-corrected chi connectivity index (χ1v) is 5.18. The normalized spacial score (nSPS) is 13.0. The van der Waals surface area contributed by atoms with Crippen LogP contribution >= 0.6 is 0 Å². The number of hydrogen-bond acceptors (Lipinski definition) is 2. The summed E-state index contributed by atoms with van der Waals surface area (Å²) in [6.45, 7) is 3.57. The molecule has 0 aromatic heterocycles. The van der Waals surface area contributed by atoms with Crippen molar-refractivity contribution in [1.29, 1.82) is 10.5 Å². The van der Waals surface area contributed by atoms with Gasteiger partial charge in [-0.2, -0.15) is 10.5 Å². The van der Waals surface area contributed by atoms with Gasteiger partial charge in [-0.1, -0.05) is 42.5 Å². The third kappa shape index (κ3) is 2.30. The molecule has 0 aliphatic carbocycles. The highest BCUT2D eigenvalue weighted by Crippen LogP contribution is 2.35. The van der Waals surface area contributed by atoms with Crippen LogP contribution in [0.3, 0.4) is 0 Å². The first-order valence-electron chi connectivity index (χ1n) is 5.18.